The summed E-state index contributed by atoms with van der Waals surface area (Å²) in [5, 5.41) is 18.0. The van der Waals surface area contributed by atoms with Crippen molar-refractivity contribution in [2.24, 2.45) is 5.41 Å². The van der Waals surface area contributed by atoms with Crippen LogP contribution in [0.25, 0.3) is 0 Å². The molecule has 0 bridgehead atoms. The number of hydrogen-bond donors (Lipinski definition) is 2. The Kier molecular flexibility index (Phi) is 6.66. The van der Waals surface area contributed by atoms with Crippen LogP contribution in [0.3, 0.4) is 0 Å². The minimum Gasteiger partial charge on any atom is -0.481 e. The molecule has 1 unspecified atom stereocenters. The molecule has 0 saturated heterocycles. The van der Waals surface area contributed by atoms with E-state index in [0.29, 0.717) is 0 Å². The molecule has 0 aromatic carbocycles. The molecule has 18 heavy (non-hydrogen) atoms. The number of aliphatic hydroxyl groups is 1. The number of esters is 2. The summed E-state index contributed by atoms with van der Waals surface area (Å²) < 4.78 is 8.93. The van der Waals surface area contributed by atoms with E-state index in [1.54, 1.807) is 6.92 Å². The highest BCUT2D eigenvalue weighted by Gasteiger charge is 2.37. The summed E-state index contributed by atoms with van der Waals surface area (Å²) in [5.74, 6) is -2.86. The lowest BCUT2D eigenvalue weighted by Gasteiger charge is -2.24. The smallest absolute Gasteiger partial charge is 0.331 e. The first kappa shape index (κ1) is 16.1. The Morgan fingerprint density at radius 2 is 1.78 bits per heavy atom. The first-order valence-electron chi connectivity index (χ1n) is 5.19. The lowest BCUT2D eigenvalue weighted by atomic mass is 9.87. The zero-order valence-electron chi connectivity index (χ0n) is 10.2. The fraction of sp³-hybridized carbons (Fsp3) is 0.545. The highest BCUT2D eigenvalue weighted by atomic mass is 16.5. The quantitative estimate of drug-likeness (QED) is 0.479. The third kappa shape index (κ3) is 4.54. The van der Waals surface area contributed by atoms with Gasteiger partial charge in [-0.25, -0.2) is 9.59 Å². The highest BCUT2D eigenvalue weighted by Crippen LogP contribution is 2.22. The summed E-state index contributed by atoms with van der Waals surface area (Å²) >= 11 is 0. The van der Waals surface area contributed by atoms with E-state index in [4.69, 9.17) is 10.2 Å². The van der Waals surface area contributed by atoms with Crippen LogP contribution in [0, 0.1) is 5.41 Å². The number of carboxylic acid groups (broad SMARTS) is 1. The summed E-state index contributed by atoms with van der Waals surface area (Å²) in [5.41, 5.74) is -1.52. The fourth-order valence-corrected chi connectivity index (χ4v) is 1.00. The monoisotopic (exact) mass is 260 g/mol. The van der Waals surface area contributed by atoms with Crippen molar-refractivity contribution in [3.8, 4) is 0 Å². The van der Waals surface area contributed by atoms with Crippen LogP contribution in [-0.2, 0) is 23.9 Å². The van der Waals surface area contributed by atoms with Gasteiger partial charge in [0.1, 0.15) is 12.0 Å². The molecule has 0 aliphatic carbocycles. The molecule has 102 valence electrons. The number of carboxylic acids is 1. The number of methoxy groups -OCH3 is 1. The van der Waals surface area contributed by atoms with E-state index in [-0.39, 0.29) is 6.42 Å². The van der Waals surface area contributed by atoms with Crippen LogP contribution in [0.1, 0.15) is 13.3 Å². The van der Waals surface area contributed by atoms with Crippen LogP contribution in [0.4, 0.5) is 0 Å². The second-order valence-electron chi connectivity index (χ2n) is 3.56. The Hall–Kier alpha value is -1.89. The molecule has 7 nitrogen and oxygen atoms in total. The predicted molar refractivity (Wildman–Crippen MR) is 59.6 cm³/mol. The maximum Gasteiger partial charge on any atom is 0.331 e. The molecule has 0 aromatic rings. The van der Waals surface area contributed by atoms with E-state index in [9.17, 15) is 14.4 Å². The molecular weight excluding hydrogens is 244 g/mol. The third-order valence-corrected chi connectivity index (χ3v) is 2.48. The average molecular weight is 260 g/mol. The van der Waals surface area contributed by atoms with Crippen LogP contribution in [0.15, 0.2) is 12.2 Å². The lowest BCUT2D eigenvalue weighted by Crippen LogP contribution is -2.39. The molecule has 0 amide bonds. The van der Waals surface area contributed by atoms with E-state index in [2.05, 4.69) is 9.47 Å². The maximum absolute atomic E-state index is 11.2. The van der Waals surface area contributed by atoms with Crippen LogP contribution >= 0.6 is 0 Å². The van der Waals surface area contributed by atoms with Crippen molar-refractivity contribution in [3.05, 3.63) is 12.2 Å². The molecule has 1 atom stereocenters. The molecule has 0 fully saturated rings. The lowest BCUT2D eigenvalue weighted by molar-refractivity contribution is -0.160. The van der Waals surface area contributed by atoms with Crippen LogP contribution in [0.5, 0.6) is 0 Å². The largest absolute Gasteiger partial charge is 0.481 e. The number of aliphatic hydroxyl groups excluding tert-OH is 1. The van der Waals surface area contributed by atoms with Gasteiger partial charge >= 0.3 is 17.9 Å². The van der Waals surface area contributed by atoms with Crippen molar-refractivity contribution in [2.45, 2.75) is 13.3 Å². The van der Waals surface area contributed by atoms with Gasteiger partial charge in [-0.05, 0) is 6.42 Å². The van der Waals surface area contributed by atoms with Gasteiger partial charge in [-0.3, -0.25) is 4.79 Å². The summed E-state index contributed by atoms with van der Waals surface area (Å²) in [6.45, 7) is 0.439. The second kappa shape index (κ2) is 7.44. The van der Waals surface area contributed by atoms with Crippen molar-refractivity contribution in [2.75, 3.05) is 20.3 Å². The van der Waals surface area contributed by atoms with Crippen molar-refractivity contribution in [1.29, 1.82) is 0 Å². The number of carbonyl (C=O) groups excluding carboxylic acids is 2. The number of hydrogen-bond acceptors (Lipinski definition) is 6. The molecule has 0 aromatic heterocycles. The molecule has 2 N–H and O–H groups in total. The molecule has 0 heterocycles. The minimum absolute atomic E-state index is 0.104. The molecule has 0 saturated carbocycles. The van der Waals surface area contributed by atoms with Gasteiger partial charge < -0.3 is 19.7 Å². The summed E-state index contributed by atoms with van der Waals surface area (Å²) in [6.07, 6.45) is 1.79. The number of rotatable bonds is 7. The van der Waals surface area contributed by atoms with Gasteiger partial charge in [0.15, 0.2) is 0 Å². The van der Waals surface area contributed by atoms with Crippen molar-refractivity contribution in [1.82, 2.24) is 0 Å². The predicted octanol–water partition coefficient (Wildman–Crippen LogP) is -0.268. The second-order valence-corrected chi connectivity index (χ2v) is 3.56. The Morgan fingerprint density at radius 3 is 2.17 bits per heavy atom. The van der Waals surface area contributed by atoms with E-state index in [1.165, 1.54) is 0 Å². The van der Waals surface area contributed by atoms with Gasteiger partial charge in [-0.2, -0.15) is 0 Å². The van der Waals surface area contributed by atoms with Gasteiger partial charge in [0.2, 0.25) is 0 Å². The fourth-order valence-electron chi connectivity index (χ4n) is 1.00. The van der Waals surface area contributed by atoms with Gasteiger partial charge in [0.05, 0.1) is 13.7 Å². The average Bonchev–Trinajstić information content (AvgIpc) is 2.37. The summed E-state index contributed by atoms with van der Waals surface area (Å²) in [6, 6.07) is 0. The zero-order valence-corrected chi connectivity index (χ0v) is 10.2. The van der Waals surface area contributed by atoms with Crippen molar-refractivity contribution < 1.29 is 34.1 Å². The topological polar surface area (TPSA) is 110 Å². The van der Waals surface area contributed by atoms with Crippen LogP contribution in [-0.4, -0.2) is 48.4 Å². The molecule has 0 aliphatic rings. The van der Waals surface area contributed by atoms with Gasteiger partial charge in [-0.15, -0.1) is 0 Å². The summed E-state index contributed by atoms with van der Waals surface area (Å²) in [4.78, 5) is 32.8. The molecule has 0 rings (SSSR count). The molecule has 0 aliphatic heterocycles. The number of ether oxygens (including phenoxy) is 2. The van der Waals surface area contributed by atoms with Gasteiger partial charge in [0.25, 0.3) is 0 Å². The molecule has 7 heteroatoms. The number of aliphatic carboxylic acids is 1. The number of carbonyl (C=O) groups is 3. The van der Waals surface area contributed by atoms with E-state index >= 15 is 0 Å². The summed E-state index contributed by atoms with van der Waals surface area (Å²) in [7, 11) is 1.15. The molecular formula is C11H16O7. The highest BCUT2D eigenvalue weighted by molar-refractivity contribution is 5.91. The Balaban J connectivity index is 4.46. The van der Waals surface area contributed by atoms with E-state index in [1.807, 2.05) is 0 Å². The van der Waals surface area contributed by atoms with Crippen molar-refractivity contribution >= 4 is 17.9 Å². The Bertz CT molecular complexity index is 341. The molecule has 0 spiro atoms. The standard InChI is InChI=1S/C11H16O7/c1-3-11(6-12,10(15)16)7-18-9(14)5-4-8(13)17-2/h4-5,12H,3,6-7H2,1-2H3,(H,15,16)/b5-4+. The van der Waals surface area contributed by atoms with Crippen LogP contribution in [0.2, 0.25) is 0 Å². The molecule has 0 radical (unpaired) electrons. The van der Waals surface area contributed by atoms with Gasteiger partial charge in [-0.1, -0.05) is 6.92 Å². The van der Waals surface area contributed by atoms with Crippen molar-refractivity contribution in [3.63, 3.8) is 0 Å². The van der Waals surface area contributed by atoms with E-state index < -0.39 is 36.5 Å². The third-order valence-electron chi connectivity index (χ3n) is 2.48. The first-order valence-corrected chi connectivity index (χ1v) is 5.19. The zero-order chi connectivity index (χ0) is 14.2. The van der Waals surface area contributed by atoms with Gasteiger partial charge in [0, 0.05) is 12.2 Å². The Morgan fingerprint density at radius 1 is 1.22 bits per heavy atom. The maximum atomic E-state index is 11.2. The van der Waals surface area contributed by atoms with E-state index in [0.717, 1.165) is 19.3 Å². The Labute approximate surface area is 104 Å². The normalized spacial score (nSPS) is 13.9. The first-order chi connectivity index (χ1) is 8.41. The SMILES string of the molecule is CCC(CO)(COC(=O)/C=C/C(=O)OC)C(=O)O. The minimum atomic E-state index is -1.52. The van der Waals surface area contributed by atoms with Crippen LogP contribution < -0.4 is 0 Å².